The highest BCUT2D eigenvalue weighted by molar-refractivity contribution is 6.30. The molecule has 7 heteroatoms. The molecule has 3 aromatic heterocycles. The molecular weight excluding hydrogens is 482 g/mol. The van der Waals surface area contributed by atoms with Crippen molar-refractivity contribution in [2.75, 3.05) is 0 Å². The van der Waals surface area contributed by atoms with Gasteiger partial charge in [-0.1, -0.05) is 29.8 Å². The molecule has 0 aliphatic rings. The topological polar surface area (TPSA) is 57.6 Å². The van der Waals surface area contributed by atoms with E-state index in [9.17, 15) is 4.79 Å². The molecule has 1 atom stereocenters. The van der Waals surface area contributed by atoms with Crippen LogP contribution >= 0.6 is 11.6 Å². The van der Waals surface area contributed by atoms with Crippen LogP contribution in [0.25, 0.3) is 33.1 Å². The number of aryl methyl sites for hydroxylation is 4. The number of aromatic nitrogens is 5. The molecule has 0 fully saturated rings. The zero-order chi connectivity index (χ0) is 25.8. The summed E-state index contributed by atoms with van der Waals surface area (Å²) in [6.45, 7) is 4.23. The summed E-state index contributed by atoms with van der Waals surface area (Å²) in [6, 6.07) is 19.8. The van der Waals surface area contributed by atoms with Gasteiger partial charge in [-0.05, 0) is 78.1 Å². The molecular formula is C30H26ClN5O. The monoisotopic (exact) mass is 507 g/mol. The van der Waals surface area contributed by atoms with E-state index in [2.05, 4.69) is 47.7 Å². The lowest BCUT2D eigenvalue weighted by Gasteiger charge is -2.22. The van der Waals surface area contributed by atoms with Crippen LogP contribution in [-0.4, -0.2) is 23.7 Å². The van der Waals surface area contributed by atoms with E-state index in [1.54, 1.807) is 17.7 Å². The quantitative estimate of drug-likeness (QED) is 0.285. The first kappa shape index (κ1) is 23.3. The predicted octanol–water partition coefficient (Wildman–Crippen LogP) is 6.20. The van der Waals surface area contributed by atoms with E-state index in [0.29, 0.717) is 5.02 Å². The number of rotatable bonds is 4. The summed E-state index contributed by atoms with van der Waals surface area (Å²) < 4.78 is 5.94. The van der Waals surface area contributed by atoms with Crippen LogP contribution < -0.4 is 5.56 Å². The highest BCUT2D eigenvalue weighted by Crippen LogP contribution is 2.35. The number of fused-ring (bicyclic) bond motifs is 2. The average Bonchev–Trinajstić information content (AvgIpc) is 3.48. The standard InChI is InChI=1S/C30H26ClN5O/c1-18-10-25-27(11-19(18)2)36(17-33-25)30(28-15-32-16-34(28)3)21-8-9-26-24(13-21)23(14-29(37)35(26)4)20-6-5-7-22(31)12-20/h5-17,30H,1-4H3. The predicted molar refractivity (Wildman–Crippen MR) is 149 cm³/mol. The number of hydrogen-bond acceptors (Lipinski definition) is 3. The van der Waals surface area contributed by atoms with Gasteiger partial charge in [0, 0.05) is 30.6 Å². The van der Waals surface area contributed by atoms with E-state index in [1.165, 1.54) is 11.1 Å². The van der Waals surface area contributed by atoms with Gasteiger partial charge in [-0.3, -0.25) is 4.79 Å². The lowest BCUT2D eigenvalue weighted by atomic mass is 9.96. The van der Waals surface area contributed by atoms with Crippen molar-refractivity contribution < 1.29 is 0 Å². The first-order valence-corrected chi connectivity index (χ1v) is 12.5. The number of pyridine rings is 1. The molecule has 3 heterocycles. The Bertz CT molecular complexity index is 1880. The van der Waals surface area contributed by atoms with Crippen molar-refractivity contribution in [1.82, 2.24) is 23.7 Å². The van der Waals surface area contributed by atoms with E-state index in [-0.39, 0.29) is 11.6 Å². The van der Waals surface area contributed by atoms with E-state index in [1.807, 2.05) is 60.8 Å². The van der Waals surface area contributed by atoms with Gasteiger partial charge in [0.25, 0.3) is 5.56 Å². The Hall–Kier alpha value is -4.16. The zero-order valence-electron chi connectivity index (χ0n) is 21.1. The molecule has 0 N–H and O–H groups in total. The van der Waals surface area contributed by atoms with Crippen molar-refractivity contribution in [3.63, 3.8) is 0 Å². The number of hydrogen-bond donors (Lipinski definition) is 0. The minimum absolute atomic E-state index is 0.0649. The van der Waals surface area contributed by atoms with Gasteiger partial charge >= 0.3 is 0 Å². The first-order chi connectivity index (χ1) is 17.8. The van der Waals surface area contributed by atoms with Crippen LogP contribution in [-0.2, 0) is 14.1 Å². The minimum Gasteiger partial charge on any atom is -0.336 e. The van der Waals surface area contributed by atoms with E-state index >= 15 is 0 Å². The van der Waals surface area contributed by atoms with Crippen molar-refractivity contribution >= 4 is 33.5 Å². The van der Waals surface area contributed by atoms with Crippen LogP contribution in [0.1, 0.15) is 28.4 Å². The van der Waals surface area contributed by atoms with Gasteiger partial charge in [-0.15, -0.1) is 0 Å². The fraction of sp³-hybridized carbons (Fsp3) is 0.167. The average molecular weight is 508 g/mol. The molecule has 0 amide bonds. The maximum atomic E-state index is 12.9. The van der Waals surface area contributed by atoms with E-state index in [0.717, 1.165) is 44.3 Å². The Morgan fingerprint density at radius 2 is 1.70 bits per heavy atom. The van der Waals surface area contributed by atoms with Gasteiger partial charge in [0.05, 0.1) is 41.1 Å². The largest absolute Gasteiger partial charge is 0.336 e. The molecule has 3 aromatic carbocycles. The van der Waals surface area contributed by atoms with Crippen molar-refractivity contribution in [3.8, 4) is 11.1 Å². The molecule has 6 rings (SSSR count). The van der Waals surface area contributed by atoms with Crippen LogP contribution in [0, 0.1) is 13.8 Å². The minimum atomic E-state index is -0.173. The lowest BCUT2D eigenvalue weighted by molar-refractivity contribution is 0.643. The third-order valence-electron chi connectivity index (χ3n) is 7.32. The number of benzene rings is 3. The van der Waals surface area contributed by atoms with Crippen molar-refractivity contribution in [2.24, 2.45) is 14.1 Å². The van der Waals surface area contributed by atoms with Gasteiger partial charge in [0.15, 0.2) is 0 Å². The Balaban J connectivity index is 1.65. The molecule has 0 spiro atoms. The molecule has 0 radical (unpaired) electrons. The summed E-state index contributed by atoms with van der Waals surface area (Å²) in [6.07, 6.45) is 5.63. The van der Waals surface area contributed by atoms with Gasteiger partial charge in [-0.25, -0.2) is 9.97 Å². The van der Waals surface area contributed by atoms with E-state index < -0.39 is 0 Å². The normalized spacial score (nSPS) is 12.5. The Labute approximate surface area is 219 Å². The molecule has 0 saturated carbocycles. The summed E-state index contributed by atoms with van der Waals surface area (Å²) in [5.74, 6) is 0. The maximum Gasteiger partial charge on any atom is 0.251 e. The van der Waals surface area contributed by atoms with Gasteiger partial charge < -0.3 is 13.7 Å². The van der Waals surface area contributed by atoms with Crippen molar-refractivity contribution in [2.45, 2.75) is 19.9 Å². The summed E-state index contributed by atoms with van der Waals surface area (Å²) in [4.78, 5) is 22.0. The fourth-order valence-corrected chi connectivity index (χ4v) is 5.33. The van der Waals surface area contributed by atoms with Crippen molar-refractivity contribution in [1.29, 1.82) is 0 Å². The molecule has 1 unspecified atom stereocenters. The van der Waals surface area contributed by atoms with Crippen molar-refractivity contribution in [3.05, 3.63) is 117 Å². The molecule has 37 heavy (non-hydrogen) atoms. The van der Waals surface area contributed by atoms with Gasteiger partial charge in [0.1, 0.15) is 6.04 Å². The second kappa shape index (κ2) is 8.75. The molecule has 0 bridgehead atoms. The third kappa shape index (κ3) is 3.85. The molecule has 0 aliphatic heterocycles. The van der Waals surface area contributed by atoms with Gasteiger partial charge in [0.2, 0.25) is 0 Å². The highest BCUT2D eigenvalue weighted by atomic mass is 35.5. The second-order valence-electron chi connectivity index (χ2n) is 9.65. The number of nitrogens with zero attached hydrogens (tertiary/aromatic N) is 5. The summed E-state index contributed by atoms with van der Waals surface area (Å²) >= 11 is 6.33. The van der Waals surface area contributed by atoms with Gasteiger partial charge in [-0.2, -0.15) is 0 Å². The fourth-order valence-electron chi connectivity index (χ4n) is 5.14. The van der Waals surface area contributed by atoms with Crippen LogP contribution in [0.15, 0.2) is 84.3 Å². The molecule has 184 valence electrons. The van der Waals surface area contributed by atoms with Crippen LogP contribution in [0.2, 0.25) is 5.02 Å². The number of halogens is 1. The van der Waals surface area contributed by atoms with E-state index in [4.69, 9.17) is 16.6 Å². The summed E-state index contributed by atoms with van der Waals surface area (Å²) in [5, 5.41) is 1.61. The SMILES string of the molecule is Cc1cc2ncn(C(c3ccc4c(c3)c(-c3cccc(Cl)c3)cc(=O)n4C)c3cncn3C)c2cc1C. The second-order valence-corrected chi connectivity index (χ2v) is 10.1. The van der Waals surface area contributed by atoms with Crippen LogP contribution in [0.3, 0.4) is 0 Å². The lowest BCUT2D eigenvalue weighted by Crippen LogP contribution is -2.18. The highest BCUT2D eigenvalue weighted by Gasteiger charge is 2.23. The van der Waals surface area contributed by atoms with Crippen LogP contribution in [0.4, 0.5) is 0 Å². The smallest absolute Gasteiger partial charge is 0.251 e. The third-order valence-corrected chi connectivity index (χ3v) is 7.56. The molecule has 0 aliphatic carbocycles. The molecule has 6 nitrogen and oxygen atoms in total. The first-order valence-electron chi connectivity index (χ1n) is 12.1. The summed E-state index contributed by atoms with van der Waals surface area (Å²) in [5.41, 5.74) is 9.10. The molecule has 6 aromatic rings. The molecule has 0 saturated heterocycles. The maximum absolute atomic E-state index is 12.9. The Kier molecular flexibility index (Phi) is 5.50. The van der Waals surface area contributed by atoms with Crippen LogP contribution in [0.5, 0.6) is 0 Å². The zero-order valence-corrected chi connectivity index (χ0v) is 21.9. The summed E-state index contributed by atoms with van der Waals surface area (Å²) in [7, 11) is 3.81. The number of imidazole rings is 2. The Morgan fingerprint density at radius 3 is 2.46 bits per heavy atom. The Morgan fingerprint density at radius 1 is 0.892 bits per heavy atom.